The SMILES string of the molecule is C1CCCCC1.Cn1ccc2cc(-c3ncc(C(F)F)cn3)c(F)cc2c1=O.Nc1cn[nH]c(=O)c1C(F)(F)F. The van der Waals surface area contributed by atoms with Crippen LogP contribution >= 0.6 is 0 Å². The van der Waals surface area contributed by atoms with Gasteiger partial charge in [-0.3, -0.25) is 9.59 Å². The minimum Gasteiger partial charge on any atom is -0.397 e. The lowest BCUT2D eigenvalue weighted by Gasteiger charge is -2.06. The van der Waals surface area contributed by atoms with Crippen molar-refractivity contribution in [3.8, 4) is 11.4 Å². The van der Waals surface area contributed by atoms with Gasteiger partial charge in [-0.15, -0.1) is 0 Å². The Bertz CT molecular complexity index is 1540. The number of nitrogens with zero attached hydrogens (tertiary/aromatic N) is 4. The molecule has 0 radical (unpaired) electrons. The predicted molar refractivity (Wildman–Crippen MR) is 137 cm³/mol. The van der Waals surface area contributed by atoms with E-state index < -0.39 is 35.2 Å². The summed E-state index contributed by atoms with van der Waals surface area (Å²) in [6.45, 7) is 0. The van der Waals surface area contributed by atoms with Gasteiger partial charge in [0, 0.05) is 25.6 Å². The normalized spacial score (nSPS) is 13.3. The largest absolute Gasteiger partial charge is 0.423 e. The van der Waals surface area contributed by atoms with E-state index in [1.165, 1.54) is 49.2 Å². The highest BCUT2D eigenvalue weighted by molar-refractivity contribution is 5.85. The fraction of sp³-hybridized carbons (Fsp3) is 0.346. The molecule has 0 aliphatic heterocycles. The van der Waals surface area contributed by atoms with E-state index in [2.05, 4.69) is 15.1 Å². The van der Waals surface area contributed by atoms with Crippen molar-refractivity contribution in [1.29, 1.82) is 0 Å². The molecule has 1 fully saturated rings. The van der Waals surface area contributed by atoms with Crippen LogP contribution in [0, 0.1) is 5.82 Å². The van der Waals surface area contributed by atoms with E-state index in [0.29, 0.717) is 5.39 Å². The molecule has 4 aromatic rings. The zero-order valence-electron chi connectivity index (χ0n) is 21.3. The Labute approximate surface area is 223 Å². The van der Waals surface area contributed by atoms with Crippen molar-refractivity contribution >= 4 is 16.5 Å². The Morgan fingerprint density at radius 3 is 2.02 bits per heavy atom. The summed E-state index contributed by atoms with van der Waals surface area (Å²) >= 11 is 0. The third kappa shape index (κ3) is 7.67. The van der Waals surface area contributed by atoms with Crippen LogP contribution in [0.2, 0.25) is 0 Å². The zero-order valence-corrected chi connectivity index (χ0v) is 21.3. The maximum atomic E-state index is 14.2. The van der Waals surface area contributed by atoms with Crippen molar-refractivity contribution in [3.05, 3.63) is 80.6 Å². The number of hydrogen-bond acceptors (Lipinski definition) is 6. The quantitative estimate of drug-likeness (QED) is 0.296. The molecule has 3 aromatic heterocycles. The Kier molecular flexibility index (Phi) is 10.0. The van der Waals surface area contributed by atoms with Crippen LogP contribution in [-0.4, -0.2) is 24.7 Å². The van der Waals surface area contributed by atoms with Crippen molar-refractivity contribution in [2.75, 3.05) is 5.73 Å². The number of nitrogens with one attached hydrogen (secondary N) is 1. The molecular formula is C26H26F6N6O2. The van der Waals surface area contributed by atoms with Gasteiger partial charge in [0.15, 0.2) is 5.82 Å². The number of aromatic amines is 1. The fourth-order valence-corrected chi connectivity index (χ4v) is 3.89. The Morgan fingerprint density at radius 1 is 0.975 bits per heavy atom. The fourth-order valence-electron chi connectivity index (χ4n) is 3.89. The summed E-state index contributed by atoms with van der Waals surface area (Å²) in [4.78, 5) is 30.0. The molecule has 3 heterocycles. The van der Waals surface area contributed by atoms with Gasteiger partial charge in [0.2, 0.25) is 0 Å². The van der Waals surface area contributed by atoms with Crippen molar-refractivity contribution in [1.82, 2.24) is 24.7 Å². The van der Waals surface area contributed by atoms with Gasteiger partial charge in [-0.2, -0.15) is 18.3 Å². The van der Waals surface area contributed by atoms with Crippen LogP contribution in [0.3, 0.4) is 0 Å². The predicted octanol–water partition coefficient (Wildman–Crippen LogP) is 5.78. The summed E-state index contributed by atoms with van der Waals surface area (Å²) in [6.07, 6.45) is 5.80. The summed E-state index contributed by atoms with van der Waals surface area (Å²) in [5.41, 5.74) is 0.894. The van der Waals surface area contributed by atoms with E-state index in [-0.39, 0.29) is 27.9 Å². The number of halogens is 6. The van der Waals surface area contributed by atoms with E-state index >= 15 is 0 Å². The molecule has 0 saturated heterocycles. The molecule has 214 valence electrons. The van der Waals surface area contributed by atoms with Crippen LogP contribution in [0.25, 0.3) is 22.2 Å². The molecule has 0 amide bonds. The highest BCUT2D eigenvalue weighted by atomic mass is 19.4. The molecule has 1 aromatic carbocycles. The van der Waals surface area contributed by atoms with E-state index in [1.54, 1.807) is 24.4 Å². The van der Waals surface area contributed by atoms with E-state index in [0.717, 1.165) is 24.7 Å². The molecule has 0 bridgehead atoms. The standard InChI is InChI=1S/C15H10F3N3O.C6H12.C5H4F3N3O/c1-21-3-2-8-4-11(12(16)5-10(8)15(21)22)14-19-6-9(7-20-14)13(17)18;1-2-4-6-5-3-1;6-5(7,8)3-2(9)1-10-11-4(3)12/h2-7,13H,1H3;1-6H2;1H,(H3,9,11,12). The zero-order chi connectivity index (χ0) is 29.4. The van der Waals surface area contributed by atoms with Gasteiger partial charge in [0.05, 0.1) is 28.4 Å². The van der Waals surface area contributed by atoms with Gasteiger partial charge in [-0.25, -0.2) is 28.2 Å². The van der Waals surface area contributed by atoms with Crippen LogP contribution in [0.4, 0.5) is 32.0 Å². The summed E-state index contributed by atoms with van der Waals surface area (Å²) in [5, 5.41) is 5.50. The smallest absolute Gasteiger partial charge is 0.397 e. The average molecular weight is 569 g/mol. The maximum Gasteiger partial charge on any atom is 0.423 e. The number of benzene rings is 1. The van der Waals surface area contributed by atoms with Gasteiger partial charge >= 0.3 is 6.18 Å². The molecule has 0 unspecified atom stereocenters. The number of hydrogen-bond donors (Lipinski definition) is 2. The lowest BCUT2D eigenvalue weighted by atomic mass is 10.0. The number of pyridine rings is 1. The highest BCUT2D eigenvalue weighted by Crippen LogP contribution is 2.29. The van der Waals surface area contributed by atoms with Crippen LogP contribution in [0.1, 0.15) is 56.1 Å². The molecule has 40 heavy (non-hydrogen) atoms. The molecular weight excluding hydrogens is 542 g/mol. The van der Waals surface area contributed by atoms with Gasteiger partial charge in [-0.05, 0) is 23.6 Å². The maximum absolute atomic E-state index is 14.2. The highest BCUT2D eigenvalue weighted by Gasteiger charge is 2.36. The third-order valence-corrected chi connectivity index (χ3v) is 6.00. The van der Waals surface area contributed by atoms with Gasteiger partial charge in [0.1, 0.15) is 11.4 Å². The van der Waals surface area contributed by atoms with Crippen LogP contribution < -0.4 is 16.9 Å². The van der Waals surface area contributed by atoms with Crippen LogP contribution in [-0.2, 0) is 13.2 Å². The minimum absolute atomic E-state index is 0.00974. The molecule has 1 aliphatic rings. The molecule has 8 nitrogen and oxygen atoms in total. The van der Waals surface area contributed by atoms with Crippen molar-refractivity contribution < 1.29 is 26.3 Å². The number of aromatic nitrogens is 5. The first-order valence-corrected chi connectivity index (χ1v) is 12.2. The first-order chi connectivity index (χ1) is 18.9. The van der Waals surface area contributed by atoms with E-state index in [1.807, 2.05) is 0 Å². The van der Waals surface area contributed by atoms with E-state index in [4.69, 9.17) is 5.73 Å². The monoisotopic (exact) mass is 568 g/mol. The number of fused-ring (bicyclic) bond motifs is 1. The number of alkyl halides is 5. The molecule has 0 atom stereocenters. The summed E-state index contributed by atoms with van der Waals surface area (Å²) in [6, 6.07) is 4.20. The molecule has 14 heteroatoms. The van der Waals surface area contributed by atoms with Gasteiger partial charge in [0.25, 0.3) is 17.5 Å². The first-order valence-electron chi connectivity index (χ1n) is 12.2. The van der Waals surface area contributed by atoms with Crippen molar-refractivity contribution in [3.63, 3.8) is 0 Å². The summed E-state index contributed by atoms with van der Waals surface area (Å²) < 4.78 is 76.4. The molecule has 0 spiro atoms. The second-order valence-corrected chi connectivity index (χ2v) is 8.94. The first kappa shape index (κ1) is 30.3. The Balaban J connectivity index is 0.000000204. The Morgan fingerprint density at radius 2 is 1.55 bits per heavy atom. The average Bonchev–Trinajstić information content (AvgIpc) is 2.92. The van der Waals surface area contributed by atoms with Gasteiger partial charge in [-0.1, -0.05) is 38.5 Å². The summed E-state index contributed by atoms with van der Waals surface area (Å²) in [7, 11) is 1.57. The molecule has 1 saturated carbocycles. The van der Waals surface area contributed by atoms with Gasteiger partial charge < -0.3 is 10.3 Å². The second kappa shape index (κ2) is 13.2. The summed E-state index contributed by atoms with van der Waals surface area (Å²) in [5.74, 6) is -0.690. The molecule has 5 rings (SSSR count). The number of anilines is 1. The van der Waals surface area contributed by atoms with Crippen molar-refractivity contribution in [2.24, 2.45) is 7.05 Å². The third-order valence-electron chi connectivity index (χ3n) is 6.00. The lowest BCUT2D eigenvalue weighted by molar-refractivity contribution is -0.138. The van der Waals surface area contributed by atoms with Crippen LogP contribution in [0.5, 0.6) is 0 Å². The minimum atomic E-state index is -4.74. The number of nitrogens with two attached hydrogens (primary N) is 1. The molecule has 3 N–H and O–H groups in total. The van der Waals surface area contributed by atoms with E-state index in [9.17, 15) is 35.9 Å². The second-order valence-electron chi connectivity index (χ2n) is 8.94. The number of rotatable bonds is 2. The van der Waals surface area contributed by atoms with Crippen molar-refractivity contribution in [2.45, 2.75) is 51.1 Å². The lowest BCUT2D eigenvalue weighted by Crippen LogP contribution is -2.24. The number of H-pyrrole nitrogens is 1. The topological polar surface area (TPSA) is 120 Å². The number of aryl methyl sites for hydroxylation is 1. The molecule has 1 aliphatic carbocycles. The Hall–Kier alpha value is -4.23. The number of nitrogen functional groups attached to an aromatic ring is 1. The van der Waals surface area contributed by atoms with Crippen LogP contribution in [0.15, 0.2) is 52.6 Å².